The van der Waals surface area contributed by atoms with Gasteiger partial charge in [0.15, 0.2) is 6.10 Å². The summed E-state index contributed by atoms with van der Waals surface area (Å²) in [6, 6.07) is 15.8. The van der Waals surface area contributed by atoms with Gasteiger partial charge in [-0.05, 0) is 37.1 Å². The molecule has 3 N–H and O–H groups in total. The number of amides is 3. The van der Waals surface area contributed by atoms with Crippen LogP contribution >= 0.6 is 0 Å². The molecule has 0 saturated carbocycles. The van der Waals surface area contributed by atoms with Crippen LogP contribution in [0.4, 0.5) is 16.2 Å². The van der Waals surface area contributed by atoms with E-state index >= 15 is 0 Å². The quantitative estimate of drug-likeness (QED) is 0.607. The molecule has 2 rings (SSSR count). The molecular formula is C22H24N4O4. The molecule has 8 nitrogen and oxygen atoms in total. The van der Waals surface area contributed by atoms with Crippen molar-refractivity contribution in [3.8, 4) is 6.07 Å². The Kier molecular flexibility index (Phi) is 7.94. The number of ether oxygens (including phenoxy) is 1. The maximum Gasteiger partial charge on any atom is 0.329 e. The van der Waals surface area contributed by atoms with Gasteiger partial charge in [-0.15, -0.1) is 0 Å². The van der Waals surface area contributed by atoms with Crippen molar-refractivity contribution in [2.45, 2.75) is 32.9 Å². The smallest absolute Gasteiger partial charge is 0.329 e. The van der Waals surface area contributed by atoms with E-state index in [0.717, 1.165) is 0 Å². The minimum atomic E-state index is -1.12. The minimum absolute atomic E-state index is 0.270. The predicted octanol–water partition coefficient (Wildman–Crippen LogP) is 3.27. The molecule has 8 heteroatoms. The molecular weight excluding hydrogens is 384 g/mol. The highest BCUT2D eigenvalue weighted by atomic mass is 16.5. The summed E-state index contributed by atoms with van der Waals surface area (Å²) in [5.41, 5.74) is 1.20. The topological polar surface area (TPSA) is 120 Å². The van der Waals surface area contributed by atoms with E-state index in [1.54, 1.807) is 62.4 Å². The fraction of sp³-hybridized carbons (Fsp3) is 0.273. The van der Waals surface area contributed by atoms with E-state index in [1.165, 1.54) is 6.92 Å². The molecule has 0 fully saturated rings. The first-order chi connectivity index (χ1) is 14.3. The van der Waals surface area contributed by atoms with Gasteiger partial charge in [0, 0.05) is 5.69 Å². The fourth-order valence-electron chi connectivity index (χ4n) is 2.55. The Hall–Kier alpha value is -3.86. The van der Waals surface area contributed by atoms with E-state index in [1.807, 2.05) is 12.1 Å². The Morgan fingerprint density at radius 2 is 1.57 bits per heavy atom. The van der Waals surface area contributed by atoms with Gasteiger partial charge in [0.25, 0.3) is 5.91 Å². The average molecular weight is 408 g/mol. The lowest BCUT2D eigenvalue weighted by Gasteiger charge is -2.23. The zero-order valence-electron chi connectivity index (χ0n) is 17.0. The van der Waals surface area contributed by atoms with Crippen LogP contribution in [0.2, 0.25) is 0 Å². The number of anilines is 2. The molecule has 0 unspecified atom stereocenters. The SMILES string of the molecule is CC(C)[C@H](NC(=O)Nc1ccccc1)C(=O)O[C@H](C)C(=O)Nc1ccccc1C#N. The van der Waals surface area contributed by atoms with Crippen LogP contribution in [0.1, 0.15) is 26.3 Å². The van der Waals surface area contributed by atoms with E-state index in [4.69, 9.17) is 10.00 Å². The summed E-state index contributed by atoms with van der Waals surface area (Å²) < 4.78 is 5.26. The number of hydrogen-bond acceptors (Lipinski definition) is 5. The van der Waals surface area contributed by atoms with Gasteiger partial charge in [-0.2, -0.15) is 5.26 Å². The first-order valence-electron chi connectivity index (χ1n) is 9.45. The van der Waals surface area contributed by atoms with E-state index in [2.05, 4.69) is 16.0 Å². The number of nitriles is 1. The number of esters is 1. The third kappa shape index (κ3) is 6.34. The standard InChI is InChI=1S/C22H24N4O4/c1-14(2)19(26-22(29)24-17-10-5-4-6-11-17)21(28)30-15(3)20(27)25-18-12-8-7-9-16(18)13-23/h4-12,14-15,19H,1-3H3,(H,25,27)(H2,24,26,29)/t15-,19+/m1/s1. The second-order valence-electron chi connectivity index (χ2n) is 6.91. The van der Waals surface area contributed by atoms with Crippen LogP contribution in [-0.2, 0) is 14.3 Å². The monoisotopic (exact) mass is 408 g/mol. The summed E-state index contributed by atoms with van der Waals surface area (Å²) in [5, 5.41) is 16.9. The van der Waals surface area contributed by atoms with Crippen LogP contribution in [-0.4, -0.2) is 30.1 Å². The van der Waals surface area contributed by atoms with Gasteiger partial charge < -0.3 is 20.7 Å². The van der Waals surface area contributed by atoms with Crippen molar-refractivity contribution in [1.29, 1.82) is 5.26 Å². The highest BCUT2D eigenvalue weighted by Crippen LogP contribution is 2.15. The van der Waals surface area contributed by atoms with Crippen molar-refractivity contribution in [3.05, 3.63) is 60.2 Å². The van der Waals surface area contributed by atoms with Crippen LogP contribution in [0.15, 0.2) is 54.6 Å². The predicted molar refractivity (Wildman–Crippen MR) is 113 cm³/mol. The highest BCUT2D eigenvalue weighted by molar-refractivity contribution is 5.97. The number of hydrogen-bond donors (Lipinski definition) is 3. The molecule has 156 valence electrons. The van der Waals surface area contributed by atoms with Gasteiger partial charge in [0.1, 0.15) is 12.1 Å². The lowest BCUT2D eigenvalue weighted by molar-refractivity contribution is -0.156. The number of carbonyl (C=O) groups is 3. The summed E-state index contributed by atoms with van der Waals surface area (Å²) in [6.45, 7) is 4.93. The zero-order chi connectivity index (χ0) is 22.1. The summed E-state index contributed by atoms with van der Waals surface area (Å²) in [6.07, 6.45) is -1.12. The van der Waals surface area contributed by atoms with Crippen molar-refractivity contribution < 1.29 is 19.1 Å². The van der Waals surface area contributed by atoms with Crippen molar-refractivity contribution >= 4 is 29.3 Å². The second-order valence-corrected chi connectivity index (χ2v) is 6.91. The van der Waals surface area contributed by atoms with Crippen molar-refractivity contribution in [2.75, 3.05) is 10.6 Å². The molecule has 0 radical (unpaired) electrons. The Morgan fingerprint density at radius 1 is 0.933 bits per heavy atom. The molecule has 2 aromatic rings. The third-order valence-corrected chi connectivity index (χ3v) is 4.21. The largest absolute Gasteiger partial charge is 0.451 e. The lowest BCUT2D eigenvalue weighted by Crippen LogP contribution is -2.48. The first kappa shape index (κ1) is 22.4. The Morgan fingerprint density at radius 3 is 2.20 bits per heavy atom. The summed E-state index contributed by atoms with van der Waals surface area (Å²) in [5.74, 6) is -1.58. The highest BCUT2D eigenvalue weighted by Gasteiger charge is 2.29. The molecule has 0 aliphatic rings. The Balaban J connectivity index is 1.97. The normalized spacial score (nSPS) is 12.2. The molecule has 0 bridgehead atoms. The lowest BCUT2D eigenvalue weighted by atomic mass is 10.0. The van der Waals surface area contributed by atoms with Gasteiger partial charge in [-0.1, -0.05) is 44.2 Å². The van der Waals surface area contributed by atoms with Crippen molar-refractivity contribution in [2.24, 2.45) is 5.92 Å². The number of para-hydroxylation sites is 2. The minimum Gasteiger partial charge on any atom is -0.451 e. The van der Waals surface area contributed by atoms with Crippen molar-refractivity contribution in [3.63, 3.8) is 0 Å². The Labute approximate surface area is 175 Å². The fourth-order valence-corrected chi connectivity index (χ4v) is 2.55. The van der Waals surface area contributed by atoms with Gasteiger partial charge >= 0.3 is 12.0 Å². The molecule has 3 amide bonds. The van der Waals surface area contributed by atoms with Gasteiger partial charge in [0.05, 0.1) is 11.3 Å². The molecule has 2 aromatic carbocycles. The molecule has 0 saturated heterocycles. The maximum absolute atomic E-state index is 12.6. The number of urea groups is 1. The number of carbonyl (C=O) groups excluding carboxylic acids is 3. The van der Waals surface area contributed by atoms with E-state index in [9.17, 15) is 14.4 Å². The third-order valence-electron chi connectivity index (χ3n) is 4.21. The number of benzene rings is 2. The van der Waals surface area contributed by atoms with Crippen molar-refractivity contribution in [1.82, 2.24) is 5.32 Å². The van der Waals surface area contributed by atoms with E-state index in [-0.39, 0.29) is 5.92 Å². The molecule has 0 aliphatic carbocycles. The second kappa shape index (κ2) is 10.6. The summed E-state index contributed by atoms with van der Waals surface area (Å²) in [4.78, 5) is 37.2. The number of rotatable bonds is 7. The molecule has 30 heavy (non-hydrogen) atoms. The van der Waals surface area contributed by atoms with Gasteiger partial charge in [-0.3, -0.25) is 4.79 Å². The van der Waals surface area contributed by atoms with E-state index < -0.39 is 30.1 Å². The zero-order valence-corrected chi connectivity index (χ0v) is 17.0. The van der Waals surface area contributed by atoms with Gasteiger partial charge in [-0.25, -0.2) is 9.59 Å². The number of nitrogens with one attached hydrogen (secondary N) is 3. The molecule has 2 atom stereocenters. The van der Waals surface area contributed by atoms with Gasteiger partial charge in [0.2, 0.25) is 0 Å². The molecule has 0 aliphatic heterocycles. The van der Waals surface area contributed by atoms with Crippen LogP contribution in [0.3, 0.4) is 0 Å². The van der Waals surface area contributed by atoms with Crippen LogP contribution in [0, 0.1) is 17.2 Å². The van der Waals surface area contributed by atoms with E-state index in [0.29, 0.717) is 16.9 Å². The Bertz CT molecular complexity index is 938. The number of nitrogens with zero attached hydrogens (tertiary/aromatic N) is 1. The van der Waals surface area contributed by atoms with Crippen LogP contribution in [0.25, 0.3) is 0 Å². The average Bonchev–Trinajstić information content (AvgIpc) is 2.72. The summed E-state index contributed by atoms with van der Waals surface area (Å²) >= 11 is 0. The molecule has 0 spiro atoms. The maximum atomic E-state index is 12.6. The summed E-state index contributed by atoms with van der Waals surface area (Å²) in [7, 11) is 0. The van der Waals surface area contributed by atoms with Crippen LogP contribution < -0.4 is 16.0 Å². The first-order valence-corrected chi connectivity index (χ1v) is 9.45. The molecule has 0 heterocycles. The molecule has 0 aromatic heterocycles. The van der Waals surface area contributed by atoms with Crippen LogP contribution in [0.5, 0.6) is 0 Å².